The third kappa shape index (κ3) is 3.98. The van der Waals surface area contributed by atoms with Gasteiger partial charge >= 0.3 is 0 Å². The quantitative estimate of drug-likeness (QED) is 0.896. The van der Waals surface area contributed by atoms with Crippen LogP contribution in [0.4, 0.5) is 0 Å². The maximum atomic E-state index is 12.2. The maximum Gasteiger partial charge on any atom is 0.253 e. The van der Waals surface area contributed by atoms with Gasteiger partial charge in [-0.05, 0) is 18.2 Å². The third-order valence-electron chi connectivity index (χ3n) is 3.33. The van der Waals surface area contributed by atoms with Crippen molar-refractivity contribution < 1.29 is 4.79 Å². The van der Waals surface area contributed by atoms with Crippen LogP contribution in [0, 0.1) is 5.92 Å². The molecule has 0 bridgehead atoms. The lowest BCUT2D eigenvalue weighted by molar-refractivity contribution is 0.0943. The van der Waals surface area contributed by atoms with Crippen molar-refractivity contribution in [1.29, 1.82) is 0 Å². The van der Waals surface area contributed by atoms with Gasteiger partial charge in [0.25, 0.3) is 5.91 Å². The fraction of sp³-hybridized carbons (Fsp3) is 0.286. The summed E-state index contributed by atoms with van der Waals surface area (Å²) in [7, 11) is 0. The second-order valence-electron chi connectivity index (χ2n) is 4.76. The molecule has 0 aliphatic carbocycles. The van der Waals surface area contributed by atoms with Crippen LogP contribution in [0.1, 0.15) is 10.4 Å². The Bertz CT molecular complexity index is 632. The largest absolute Gasteiger partial charge is 0.352 e. The Hall–Kier alpha value is -1.07. The molecule has 1 aliphatic rings. The molecule has 1 aromatic carbocycles. The summed E-state index contributed by atoms with van der Waals surface area (Å²) in [5.74, 6) is 0.417. The molecule has 1 aromatic heterocycles. The number of fused-ring (bicyclic) bond motifs is 1. The van der Waals surface area contributed by atoms with E-state index in [4.69, 9.17) is 11.6 Å². The number of halogens is 3. The first-order valence-electron chi connectivity index (χ1n) is 6.27. The minimum absolute atomic E-state index is 0. The van der Waals surface area contributed by atoms with Gasteiger partial charge in [0.15, 0.2) is 0 Å². The van der Waals surface area contributed by atoms with Crippen molar-refractivity contribution in [3.63, 3.8) is 0 Å². The Balaban J connectivity index is 0.00000110. The lowest BCUT2D eigenvalue weighted by atomic mass is 10.0. The summed E-state index contributed by atoms with van der Waals surface area (Å²) in [6.45, 7) is 2.62. The van der Waals surface area contributed by atoms with Crippen LogP contribution < -0.4 is 10.6 Å². The van der Waals surface area contributed by atoms with Gasteiger partial charge in [0, 0.05) is 42.2 Å². The van der Waals surface area contributed by atoms with E-state index in [0.29, 0.717) is 28.6 Å². The highest BCUT2D eigenvalue weighted by Gasteiger charge is 2.19. The van der Waals surface area contributed by atoms with Crippen LogP contribution in [-0.4, -0.2) is 30.5 Å². The molecule has 114 valence electrons. The second-order valence-corrected chi connectivity index (χ2v) is 5.20. The number of carbonyl (C=O) groups is 1. The van der Waals surface area contributed by atoms with Gasteiger partial charge in [-0.25, -0.2) is 0 Å². The molecule has 0 spiro atoms. The number of nitrogens with one attached hydrogen (secondary N) is 2. The molecular weight excluding hydrogens is 333 g/mol. The summed E-state index contributed by atoms with van der Waals surface area (Å²) in [6.07, 6.45) is 1.68. The van der Waals surface area contributed by atoms with Crippen molar-refractivity contribution in [2.24, 2.45) is 5.92 Å². The molecule has 4 nitrogen and oxygen atoms in total. The van der Waals surface area contributed by atoms with E-state index in [1.54, 1.807) is 12.3 Å². The van der Waals surface area contributed by atoms with Gasteiger partial charge in [0.05, 0.1) is 11.1 Å². The summed E-state index contributed by atoms with van der Waals surface area (Å²) in [4.78, 5) is 16.5. The summed E-state index contributed by atoms with van der Waals surface area (Å²) in [6, 6.07) is 7.23. The Morgan fingerprint density at radius 1 is 1.38 bits per heavy atom. The van der Waals surface area contributed by atoms with E-state index in [0.717, 1.165) is 18.5 Å². The van der Waals surface area contributed by atoms with Gasteiger partial charge in [0.2, 0.25) is 0 Å². The summed E-state index contributed by atoms with van der Waals surface area (Å²) in [5, 5.41) is 7.55. The number of benzene rings is 1. The van der Waals surface area contributed by atoms with Crippen molar-refractivity contribution in [3.8, 4) is 0 Å². The van der Waals surface area contributed by atoms with Crippen LogP contribution in [0.3, 0.4) is 0 Å². The Morgan fingerprint density at radius 3 is 2.81 bits per heavy atom. The minimum Gasteiger partial charge on any atom is -0.352 e. The van der Waals surface area contributed by atoms with Crippen LogP contribution in [-0.2, 0) is 0 Å². The molecule has 21 heavy (non-hydrogen) atoms. The lowest BCUT2D eigenvalue weighted by Crippen LogP contribution is -2.48. The molecule has 0 saturated carbocycles. The molecule has 2 aromatic rings. The maximum absolute atomic E-state index is 12.2. The van der Waals surface area contributed by atoms with Crippen molar-refractivity contribution in [2.45, 2.75) is 0 Å². The molecule has 1 saturated heterocycles. The zero-order valence-corrected chi connectivity index (χ0v) is 13.5. The van der Waals surface area contributed by atoms with Gasteiger partial charge < -0.3 is 10.6 Å². The first-order chi connectivity index (χ1) is 9.24. The number of pyridine rings is 1. The highest BCUT2D eigenvalue weighted by molar-refractivity contribution is 6.32. The van der Waals surface area contributed by atoms with Gasteiger partial charge in [-0.3, -0.25) is 9.78 Å². The normalized spacial score (nSPS) is 13.8. The van der Waals surface area contributed by atoms with Gasteiger partial charge in [-0.2, -0.15) is 0 Å². The zero-order valence-electron chi connectivity index (χ0n) is 11.1. The van der Waals surface area contributed by atoms with Crippen LogP contribution >= 0.6 is 36.4 Å². The van der Waals surface area contributed by atoms with Crippen LogP contribution in [0.2, 0.25) is 5.02 Å². The molecule has 1 amide bonds. The monoisotopic (exact) mass is 347 g/mol. The van der Waals surface area contributed by atoms with Gasteiger partial charge in [-0.1, -0.05) is 17.7 Å². The highest BCUT2D eigenvalue weighted by atomic mass is 35.5. The first kappa shape index (κ1) is 18.0. The van der Waals surface area contributed by atoms with Crippen molar-refractivity contribution in [2.75, 3.05) is 19.6 Å². The molecule has 1 fully saturated rings. The molecular formula is C14H16Cl3N3O. The van der Waals surface area contributed by atoms with Crippen molar-refractivity contribution in [3.05, 3.63) is 41.0 Å². The van der Waals surface area contributed by atoms with Crippen LogP contribution in [0.5, 0.6) is 0 Å². The van der Waals surface area contributed by atoms with Crippen molar-refractivity contribution >= 4 is 53.2 Å². The highest BCUT2D eigenvalue weighted by Crippen LogP contribution is 2.22. The number of nitrogens with zero attached hydrogens (tertiary/aromatic N) is 1. The van der Waals surface area contributed by atoms with Gasteiger partial charge in [-0.15, -0.1) is 24.8 Å². The standard InChI is InChI=1S/C14H14ClN3O.2ClH/c15-11-4-10-2-1-3-17-13(10)12(5-11)14(19)18-8-9-6-16-7-9;;/h1-5,9,16H,6-8H2,(H,18,19);2*1H. The van der Waals surface area contributed by atoms with Gasteiger partial charge in [0.1, 0.15) is 0 Å². The number of carbonyl (C=O) groups excluding carboxylic acids is 1. The fourth-order valence-corrected chi connectivity index (χ4v) is 2.38. The number of rotatable bonds is 3. The Labute approximate surface area is 140 Å². The fourth-order valence-electron chi connectivity index (χ4n) is 2.15. The molecule has 2 N–H and O–H groups in total. The average Bonchev–Trinajstić information content (AvgIpc) is 2.35. The Kier molecular flexibility index (Phi) is 6.68. The Morgan fingerprint density at radius 2 is 2.14 bits per heavy atom. The summed E-state index contributed by atoms with van der Waals surface area (Å²) < 4.78 is 0. The van der Waals surface area contributed by atoms with E-state index in [2.05, 4.69) is 15.6 Å². The summed E-state index contributed by atoms with van der Waals surface area (Å²) in [5.41, 5.74) is 1.23. The first-order valence-corrected chi connectivity index (χ1v) is 6.65. The van der Waals surface area contributed by atoms with E-state index in [1.165, 1.54) is 0 Å². The molecule has 2 heterocycles. The van der Waals surface area contributed by atoms with E-state index < -0.39 is 0 Å². The SMILES string of the molecule is Cl.Cl.O=C(NCC1CNC1)c1cc(Cl)cc2cccnc12. The molecule has 3 rings (SSSR count). The predicted octanol–water partition coefficient (Wildman–Crippen LogP) is 2.68. The summed E-state index contributed by atoms with van der Waals surface area (Å²) >= 11 is 6.05. The molecule has 0 atom stereocenters. The predicted molar refractivity (Wildman–Crippen MR) is 89.9 cm³/mol. The lowest BCUT2D eigenvalue weighted by Gasteiger charge is -2.27. The molecule has 1 aliphatic heterocycles. The smallest absolute Gasteiger partial charge is 0.253 e. The average molecular weight is 349 g/mol. The second kappa shape index (κ2) is 7.80. The molecule has 0 radical (unpaired) electrons. The van der Waals surface area contributed by atoms with Crippen molar-refractivity contribution in [1.82, 2.24) is 15.6 Å². The molecule has 0 unspecified atom stereocenters. The number of hydrogen-bond donors (Lipinski definition) is 2. The molecule has 7 heteroatoms. The minimum atomic E-state index is -0.113. The van der Waals surface area contributed by atoms with Crippen LogP contribution in [0.25, 0.3) is 10.9 Å². The van der Waals surface area contributed by atoms with E-state index in [-0.39, 0.29) is 30.7 Å². The number of amides is 1. The zero-order chi connectivity index (χ0) is 13.2. The van der Waals surface area contributed by atoms with E-state index in [9.17, 15) is 4.79 Å². The number of hydrogen-bond acceptors (Lipinski definition) is 3. The van der Waals surface area contributed by atoms with E-state index in [1.807, 2.05) is 18.2 Å². The third-order valence-corrected chi connectivity index (χ3v) is 3.55. The number of aromatic nitrogens is 1. The topological polar surface area (TPSA) is 54.0 Å². The van der Waals surface area contributed by atoms with E-state index >= 15 is 0 Å². The van der Waals surface area contributed by atoms with Crippen LogP contribution in [0.15, 0.2) is 30.5 Å².